The molecule has 0 aromatic heterocycles. The highest BCUT2D eigenvalue weighted by atomic mass is 79.9. The lowest BCUT2D eigenvalue weighted by molar-refractivity contribution is 0.0699. The van der Waals surface area contributed by atoms with E-state index in [0.717, 1.165) is 0 Å². The van der Waals surface area contributed by atoms with Crippen molar-refractivity contribution in [1.29, 1.82) is 0 Å². The third-order valence-electron chi connectivity index (χ3n) is 3.02. The standard InChI is InChI=1S/C14H20BrFN2O/c1-4-18(9-14(2,3)8-17)13(19)10-6-5-7-11(16)12(10)15/h5-7H,4,8-9,17H2,1-3H3. The Morgan fingerprint density at radius 1 is 1.47 bits per heavy atom. The van der Waals surface area contributed by atoms with Gasteiger partial charge in [-0.25, -0.2) is 4.39 Å². The van der Waals surface area contributed by atoms with Gasteiger partial charge in [-0.15, -0.1) is 0 Å². The Hall–Kier alpha value is -0.940. The first-order valence-corrected chi connectivity index (χ1v) is 7.05. The molecule has 0 spiro atoms. The Labute approximate surface area is 122 Å². The summed E-state index contributed by atoms with van der Waals surface area (Å²) in [4.78, 5) is 14.1. The van der Waals surface area contributed by atoms with Gasteiger partial charge in [-0.3, -0.25) is 4.79 Å². The smallest absolute Gasteiger partial charge is 0.255 e. The maximum Gasteiger partial charge on any atom is 0.255 e. The van der Waals surface area contributed by atoms with Crippen molar-refractivity contribution in [2.45, 2.75) is 20.8 Å². The number of benzene rings is 1. The predicted octanol–water partition coefficient (Wildman–Crippen LogP) is 3.04. The molecule has 0 atom stereocenters. The third-order valence-corrected chi connectivity index (χ3v) is 3.83. The average Bonchev–Trinajstić information content (AvgIpc) is 2.38. The molecule has 2 N–H and O–H groups in total. The minimum atomic E-state index is -0.431. The topological polar surface area (TPSA) is 46.3 Å². The van der Waals surface area contributed by atoms with E-state index in [9.17, 15) is 9.18 Å². The van der Waals surface area contributed by atoms with Crippen molar-refractivity contribution < 1.29 is 9.18 Å². The lowest BCUT2D eigenvalue weighted by Gasteiger charge is -2.31. The van der Waals surface area contributed by atoms with E-state index < -0.39 is 5.82 Å². The fraction of sp³-hybridized carbons (Fsp3) is 0.500. The minimum absolute atomic E-state index is 0.161. The third kappa shape index (κ3) is 4.01. The normalized spacial score (nSPS) is 11.5. The van der Waals surface area contributed by atoms with Crippen molar-refractivity contribution in [3.8, 4) is 0 Å². The van der Waals surface area contributed by atoms with Gasteiger partial charge in [0, 0.05) is 13.1 Å². The Bertz CT molecular complexity index is 463. The van der Waals surface area contributed by atoms with Crippen LogP contribution in [0.4, 0.5) is 4.39 Å². The first kappa shape index (κ1) is 16.1. The predicted molar refractivity (Wildman–Crippen MR) is 78.5 cm³/mol. The highest BCUT2D eigenvalue weighted by Gasteiger charge is 2.25. The van der Waals surface area contributed by atoms with Gasteiger partial charge in [-0.05, 0) is 46.9 Å². The van der Waals surface area contributed by atoms with Gasteiger partial charge >= 0.3 is 0 Å². The summed E-state index contributed by atoms with van der Waals surface area (Å²) in [6, 6.07) is 4.48. The van der Waals surface area contributed by atoms with E-state index in [0.29, 0.717) is 25.2 Å². The molecule has 0 radical (unpaired) electrons. The van der Waals surface area contributed by atoms with E-state index in [-0.39, 0.29) is 15.8 Å². The molecule has 0 bridgehead atoms. The molecule has 1 aromatic rings. The molecule has 0 unspecified atom stereocenters. The second-order valence-electron chi connectivity index (χ2n) is 5.29. The Morgan fingerprint density at radius 3 is 2.63 bits per heavy atom. The van der Waals surface area contributed by atoms with Crippen LogP contribution in [-0.2, 0) is 0 Å². The molecule has 3 nitrogen and oxygen atoms in total. The van der Waals surface area contributed by atoms with E-state index in [1.165, 1.54) is 12.1 Å². The molecule has 0 saturated carbocycles. The van der Waals surface area contributed by atoms with Gasteiger partial charge in [0.25, 0.3) is 5.91 Å². The van der Waals surface area contributed by atoms with E-state index in [2.05, 4.69) is 15.9 Å². The summed E-state index contributed by atoms with van der Waals surface area (Å²) in [5, 5.41) is 0. The summed E-state index contributed by atoms with van der Waals surface area (Å²) in [6.07, 6.45) is 0. The van der Waals surface area contributed by atoms with E-state index in [1.807, 2.05) is 20.8 Å². The van der Waals surface area contributed by atoms with Crippen molar-refractivity contribution in [3.05, 3.63) is 34.1 Å². The highest BCUT2D eigenvalue weighted by Crippen LogP contribution is 2.23. The first-order chi connectivity index (χ1) is 8.82. The molecule has 1 rings (SSSR count). The minimum Gasteiger partial charge on any atom is -0.338 e. The van der Waals surface area contributed by atoms with Crippen molar-refractivity contribution in [3.63, 3.8) is 0 Å². The van der Waals surface area contributed by atoms with Gasteiger partial charge in [-0.1, -0.05) is 19.9 Å². The van der Waals surface area contributed by atoms with Crippen LogP contribution in [0.1, 0.15) is 31.1 Å². The van der Waals surface area contributed by atoms with Gasteiger partial charge in [0.2, 0.25) is 0 Å². The largest absolute Gasteiger partial charge is 0.338 e. The fourth-order valence-corrected chi connectivity index (χ4v) is 2.18. The SMILES string of the molecule is CCN(CC(C)(C)CN)C(=O)c1cccc(F)c1Br. The number of carbonyl (C=O) groups is 1. The molecule has 0 heterocycles. The second kappa shape index (κ2) is 6.48. The molecule has 0 fully saturated rings. The summed E-state index contributed by atoms with van der Waals surface area (Å²) in [7, 11) is 0. The highest BCUT2D eigenvalue weighted by molar-refractivity contribution is 9.10. The Kier molecular flexibility index (Phi) is 5.50. The first-order valence-electron chi connectivity index (χ1n) is 6.25. The summed E-state index contributed by atoms with van der Waals surface area (Å²) in [5.74, 6) is -0.615. The van der Waals surface area contributed by atoms with Gasteiger partial charge in [0.15, 0.2) is 0 Å². The van der Waals surface area contributed by atoms with E-state index in [1.54, 1.807) is 11.0 Å². The van der Waals surface area contributed by atoms with Gasteiger partial charge < -0.3 is 10.6 Å². The van der Waals surface area contributed by atoms with Crippen LogP contribution in [0.3, 0.4) is 0 Å². The monoisotopic (exact) mass is 330 g/mol. The van der Waals surface area contributed by atoms with Gasteiger partial charge in [0.05, 0.1) is 10.0 Å². The summed E-state index contributed by atoms with van der Waals surface area (Å²) < 4.78 is 13.7. The summed E-state index contributed by atoms with van der Waals surface area (Å²) >= 11 is 3.13. The number of nitrogens with zero attached hydrogens (tertiary/aromatic N) is 1. The van der Waals surface area contributed by atoms with Crippen LogP contribution in [0.2, 0.25) is 0 Å². The van der Waals surface area contributed by atoms with Crippen LogP contribution in [0.15, 0.2) is 22.7 Å². The quantitative estimate of drug-likeness (QED) is 0.901. The zero-order valence-corrected chi connectivity index (χ0v) is 13.1. The molecule has 0 aliphatic rings. The van der Waals surface area contributed by atoms with Crippen molar-refractivity contribution in [1.82, 2.24) is 4.90 Å². The van der Waals surface area contributed by atoms with Crippen LogP contribution >= 0.6 is 15.9 Å². The van der Waals surface area contributed by atoms with Crippen molar-refractivity contribution in [2.24, 2.45) is 11.1 Å². The van der Waals surface area contributed by atoms with Crippen LogP contribution in [-0.4, -0.2) is 30.4 Å². The molecule has 0 aliphatic heterocycles. The van der Waals surface area contributed by atoms with Crippen LogP contribution in [0, 0.1) is 11.2 Å². The number of hydrogen-bond donors (Lipinski definition) is 1. The Balaban J connectivity index is 2.99. The van der Waals surface area contributed by atoms with Crippen molar-refractivity contribution in [2.75, 3.05) is 19.6 Å². The van der Waals surface area contributed by atoms with Crippen LogP contribution in [0.5, 0.6) is 0 Å². The lowest BCUT2D eigenvalue weighted by atomic mass is 9.93. The molecule has 1 amide bonds. The zero-order chi connectivity index (χ0) is 14.6. The molecule has 1 aromatic carbocycles. The molecule has 5 heteroatoms. The van der Waals surface area contributed by atoms with Crippen molar-refractivity contribution >= 4 is 21.8 Å². The lowest BCUT2D eigenvalue weighted by Crippen LogP contribution is -2.42. The maximum atomic E-state index is 13.5. The van der Waals surface area contributed by atoms with E-state index in [4.69, 9.17) is 5.73 Å². The molecule has 0 aliphatic carbocycles. The number of hydrogen-bond acceptors (Lipinski definition) is 2. The molecular formula is C14H20BrFN2O. The molecule has 0 saturated heterocycles. The number of rotatable bonds is 5. The van der Waals surface area contributed by atoms with Crippen LogP contribution in [0.25, 0.3) is 0 Å². The zero-order valence-electron chi connectivity index (χ0n) is 11.5. The number of carbonyl (C=O) groups excluding carboxylic acids is 1. The number of halogens is 2. The number of nitrogens with two attached hydrogens (primary N) is 1. The fourth-order valence-electron chi connectivity index (χ4n) is 1.75. The second-order valence-corrected chi connectivity index (χ2v) is 6.08. The maximum absolute atomic E-state index is 13.5. The van der Waals surface area contributed by atoms with Gasteiger partial charge in [0.1, 0.15) is 5.82 Å². The molecular weight excluding hydrogens is 311 g/mol. The van der Waals surface area contributed by atoms with E-state index >= 15 is 0 Å². The van der Waals surface area contributed by atoms with Crippen LogP contribution < -0.4 is 5.73 Å². The number of amides is 1. The Morgan fingerprint density at radius 2 is 2.11 bits per heavy atom. The molecule has 106 valence electrons. The summed E-state index contributed by atoms with van der Waals surface area (Å²) in [5.41, 5.74) is 5.88. The van der Waals surface area contributed by atoms with Gasteiger partial charge in [-0.2, -0.15) is 0 Å². The molecule has 19 heavy (non-hydrogen) atoms. The summed E-state index contributed by atoms with van der Waals surface area (Å²) in [6.45, 7) is 7.50. The average molecular weight is 331 g/mol.